The van der Waals surface area contributed by atoms with Gasteiger partial charge >= 0.3 is 0 Å². The maximum atomic E-state index is 11.9. The van der Waals surface area contributed by atoms with Crippen molar-refractivity contribution >= 4 is 33.4 Å². The maximum Gasteiger partial charge on any atom is 0.259 e. The summed E-state index contributed by atoms with van der Waals surface area (Å²) in [6.45, 7) is 2.02. The van der Waals surface area contributed by atoms with E-state index in [9.17, 15) is 9.59 Å². The summed E-state index contributed by atoms with van der Waals surface area (Å²) in [5.74, 6) is -0.0890. The van der Waals surface area contributed by atoms with Gasteiger partial charge in [-0.2, -0.15) is 0 Å². The zero-order chi connectivity index (χ0) is 16.6. The standard InChI is InChI=1S/C16H20N4O2S/c1-19(2)12(21)9-20-7-5-10(8-20)13-11-4-3-6-18-16(11)23-14(13)15(17)22/h3-4,6,10H,5,7-9H2,1-2H3,(H2,17,22)/t10-/m0/s1. The lowest BCUT2D eigenvalue weighted by Crippen LogP contribution is -2.35. The Hall–Kier alpha value is -1.99. The van der Waals surface area contributed by atoms with E-state index in [4.69, 9.17) is 5.73 Å². The molecule has 2 aromatic heterocycles. The highest BCUT2D eigenvalue weighted by molar-refractivity contribution is 7.20. The van der Waals surface area contributed by atoms with E-state index in [0.29, 0.717) is 11.4 Å². The van der Waals surface area contributed by atoms with Gasteiger partial charge < -0.3 is 10.6 Å². The zero-order valence-corrected chi connectivity index (χ0v) is 14.1. The van der Waals surface area contributed by atoms with Gasteiger partial charge in [-0.1, -0.05) is 6.07 Å². The summed E-state index contributed by atoms with van der Waals surface area (Å²) in [7, 11) is 3.53. The van der Waals surface area contributed by atoms with Gasteiger partial charge in [0.05, 0.1) is 11.4 Å². The molecule has 1 fully saturated rings. The van der Waals surface area contributed by atoms with Crippen molar-refractivity contribution in [2.75, 3.05) is 33.7 Å². The molecule has 0 aliphatic carbocycles. The summed E-state index contributed by atoms with van der Waals surface area (Å²) >= 11 is 1.36. The van der Waals surface area contributed by atoms with Gasteiger partial charge in [0.25, 0.3) is 5.91 Å². The van der Waals surface area contributed by atoms with Gasteiger partial charge in [-0.25, -0.2) is 4.98 Å². The fraction of sp³-hybridized carbons (Fsp3) is 0.438. The van der Waals surface area contributed by atoms with Crippen LogP contribution in [0.1, 0.15) is 27.6 Å². The first-order valence-electron chi connectivity index (χ1n) is 7.57. The molecular weight excluding hydrogens is 312 g/mol. The van der Waals surface area contributed by atoms with E-state index in [2.05, 4.69) is 9.88 Å². The molecule has 0 spiro atoms. The number of pyridine rings is 1. The van der Waals surface area contributed by atoms with Crippen molar-refractivity contribution in [1.82, 2.24) is 14.8 Å². The molecule has 1 atom stereocenters. The number of nitrogens with two attached hydrogens (primary N) is 1. The minimum absolute atomic E-state index is 0.0950. The molecule has 7 heteroatoms. The van der Waals surface area contributed by atoms with Gasteiger partial charge in [-0.05, 0) is 24.6 Å². The smallest absolute Gasteiger partial charge is 0.259 e. The number of likely N-dealkylation sites (N-methyl/N-ethyl adjacent to an activating group) is 1. The molecular formula is C16H20N4O2S. The summed E-state index contributed by atoms with van der Waals surface area (Å²) in [5.41, 5.74) is 6.58. The topological polar surface area (TPSA) is 79.5 Å². The third-order valence-electron chi connectivity index (χ3n) is 4.27. The first-order valence-corrected chi connectivity index (χ1v) is 8.38. The molecule has 1 saturated heterocycles. The van der Waals surface area contributed by atoms with Gasteiger partial charge in [0.15, 0.2) is 0 Å². The van der Waals surface area contributed by atoms with Crippen LogP contribution in [0.5, 0.6) is 0 Å². The number of hydrogen-bond donors (Lipinski definition) is 1. The zero-order valence-electron chi connectivity index (χ0n) is 13.3. The molecule has 0 unspecified atom stereocenters. The van der Waals surface area contributed by atoms with Crippen LogP contribution in [-0.4, -0.2) is 60.3 Å². The molecule has 1 aliphatic rings. The average molecular weight is 332 g/mol. The molecule has 2 amide bonds. The molecule has 1 aliphatic heterocycles. The van der Waals surface area contributed by atoms with Gasteiger partial charge in [0, 0.05) is 38.1 Å². The lowest BCUT2D eigenvalue weighted by atomic mass is 9.95. The van der Waals surface area contributed by atoms with Gasteiger partial charge in [-0.3, -0.25) is 14.5 Å². The Bertz CT molecular complexity index is 756. The number of fused-ring (bicyclic) bond motifs is 1. The quantitative estimate of drug-likeness (QED) is 0.914. The number of nitrogens with zero attached hydrogens (tertiary/aromatic N) is 3. The molecule has 0 bridgehead atoms. The van der Waals surface area contributed by atoms with Crippen LogP contribution in [-0.2, 0) is 4.79 Å². The maximum absolute atomic E-state index is 11.9. The minimum Gasteiger partial charge on any atom is -0.365 e. The third kappa shape index (κ3) is 3.07. The molecule has 0 radical (unpaired) electrons. The van der Waals surface area contributed by atoms with Crippen molar-refractivity contribution in [3.63, 3.8) is 0 Å². The lowest BCUT2D eigenvalue weighted by molar-refractivity contribution is -0.129. The van der Waals surface area contributed by atoms with E-state index in [1.807, 2.05) is 12.1 Å². The number of aromatic nitrogens is 1. The summed E-state index contributed by atoms with van der Waals surface area (Å²) in [5, 5.41) is 1.01. The van der Waals surface area contributed by atoms with Crippen LogP contribution in [0.2, 0.25) is 0 Å². The molecule has 122 valence electrons. The van der Waals surface area contributed by atoms with E-state index in [1.54, 1.807) is 25.2 Å². The first kappa shape index (κ1) is 15.9. The average Bonchev–Trinajstić information content (AvgIpc) is 3.10. The largest absolute Gasteiger partial charge is 0.365 e. The molecule has 23 heavy (non-hydrogen) atoms. The van der Waals surface area contributed by atoms with Gasteiger partial charge in [-0.15, -0.1) is 11.3 Å². The molecule has 3 heterocycles. The van der Waals surface area contributed by atoms with Crippen LogP contribution in [0.15, 0.2) is 18.3 Å². The van der Waals surface area contributed by atoms with Crippen LogP contribution in [0.25, 0.3) is 10.2 Å². The summed E-state index contributed by atoms with van der Waals surface area (Å²) in [6, 6.07) is 3.87. The van der Waals surface area contributed by atoms with Crippen molar-refractivity contribution in [2.45, 2.75) is 12.3 Å². The number of primary amides is 1. The van der Waals surface area contributed by atoms with Gasteiger partial charge in [0.1, 0.15) is 4.83 Å². The highest BCUT2D eigenvalue weighted by Gasteiger charge is 2.31. The Balaban J connectivity index is 1.88. The number of rotatable bonds is 4. The van der Waals surface area contributed by atoms with Gasteiger partial charge in [0.2, 0.25) is 5.91 Å². The normalized spacial score (nSPS) is 18.4. The Morgan fingerprint density at radius 3 is 2.96 bits per heavy atom. The van der Waals surface area contributed by atoms with Crippen molar-refractivity contribution in [3.05, 3.63) is 28.8 Å². The Morgan fingerprint density at radius 2 is 2.26 bits per heavy atom. The second-order valence-corrected chi connectivity index (χ2v) is 7.07. The van der Waals surface area contributed by atoms with Crippen molar-refractivity contribution in [1.29, 1.82) is 0 Å². The van der Waals surface area contributed by atoms with Crippen molar-refractivity contribution < 1.29 is 9.59 Å². The van der Waals surface area contributed by atoms with E-state index in [-0.39, 0.29) is 11.8 Å². The second kappa shape index (κ2) is 6.25. The van der Waals surface area contributed by atoms with E-state index in [1.165, 1.54) is 11.3 Å². The summed E-state index contributed by atoms with van der Waals surface area (Å²) < 4.78 is 0. The number of amides is 2. The predicted molar refractivity (Wildman–Crippen MR) is 90.6 cm³/mol. The number of thiophene rings is 1. The molecule has 0 aromatic carbocycles. The highest BCUT2D eigenvalue weighted by Crippen LogP contribution is 2.39. The minimum atomic E-state index is -0.397. The Morgan fingerprint density at radius 1 is 1.48 bits per heavy atom. The second-order valence-electron chi connectivity index (χ2n) is 6.07. The SMILES string of the molecule is CN(C)C(=O)CN1CC[C@H](c2c(C(N)=O)sc3ncccc23)C1. The summed E-state index contributed by atoms with van der Waals surface area (Å²) in [4.78, 5) is 33.2. The molecule has 2 aromatic rings. The molecule has 3 rings (SSSR count). The molecule has 2 N–H and O–H groups in total. The predicted octanol–water partition coefficient (Wildman–Crippen LogP) is 1.27. The third-order valence-corrected chi connectivity index (χ3v) is 5.41. The number of carbonyl (C=O) groups excluding carboxylic acids is 2. The number of carbonyl (C=O) groups is 2. The van der Waals surface area contributed by atoms with Crippen LogP contribution in [0.3, 0.4) is 0 Å². The fourth-order valence-corrected chi connectivity index (χ4v) is 4.17. The fourth-order valence-electron chi connectivity index (χ4n) is 3.08. The van der Waals surface area contributed by atoms with Crippen LogP contribution < -0.4 is 5.73 Å². The molecule has 6 nitrogen and oxygen atoms in total. The Kier molecular flexibility index (Phi) is 4.32. The van der Waals surface area contributed by atoms with E-state index >= 15 is 0 Å². The van der Waals surface area contributed by atoms with E-state index in [0.717, 1.165) is 35.3 Å². The number of hydrogen-bond acceptors (Lipinski definition) is 5. The molecule has 0 saturated carbocycles. The van der Waals surface area contributed by atoms with Crippen molar-refractivity contribution in [2.24, 2.45) is 5.73 Å². The highest BCUT2D eigenvalue weighted by atomic mass is 32.1. The lowest BCUT2D eigenvalue weighted by Gasteiger charge is -2.18. The van der Waals surface area contributed by atoms with Crippen LogP contribution >= 0.6 is 11.3 Å². The summed E-state index contributed by atoms with van der Waals surface area (Å²) in [6.07, 6.45) is 2.64. The Labute approximate surface area is 138 Å². The van der Waals surface area contributed by atoms with Crippen LogP contribution in [0, 0.1) is 0 Å². The first-order chi connectivity index (χ1) is 11.0. The number of likely N-dealkylation sites (tertiary alicyclic amines) is 1. The van der Waals surface area contributed by atoms with E-state index < -0.39 is 5.91 Å². The van der Waals surface area contributed by atoms with Crippen LogP contribution in [0.4, 0.5) is 0 Å². The monoisotopic (exact) mass is 332 g/mol. The van der Waals surface area contributed by atoms with Crippen molar-refractivity contribution in [3.8, 4) is 0 Å².